The molecule has 21 heavy (non-hydrogen) atoms. The Morgan fingerprint density at radius 2 is 1.86 bits per heavy atom. The van der Waals surface area contributed by atoms with Crippen LogP contribution in [0.1, 0.15) is 75.2 Å². The molecule has 0 radical (unpaired) electrons. The van der Waals surface area contributed by atoms with Crippen molar-refractivity contribution < 1.29 is 9.53 Å². The van der Waals surface area contributed by atoms with E-state index in [4.69, 9.17) is 0 Å². The summed E-state index contributed by atoms with van der Waals surface area (Å²) < 4.78 is 6.05. The molecule has 4 heteroatoms. The topological polar surface area (TPSA) is 44.1 Å². The first kappa shape index (κ1) is 17.3. The highest BCUT2D eigenvalue weighted by molar-refractivity contribution is 5.87. The fraction of sp³-hybridized carbons (Fsp3) is 0.647. The van der Waals surface area contributed by atoms with Crippen molar-refractivity contribution in [2.75, 3.05) is 7.11 Å². The molecule has 0 saturated carbocycles. The smallest absolute Gasteiger partial charge is 0.357 e. The molecule has 0 aromatic carbocycles. The summed E-state index contributed by atoms with van der Waals surface area (Å²) in [5, 5.41) is 4.00. The Hall–Kier alpha value is -1.76. The molecule has 0 unspecified atom stereocenters. The SMILES string of the molecule is CCCCCCCCCCC#Cn1nccc1C(=O)OC. The molecule has 0 atom stereocenters. The molecule has 0 N–H and O–H groups in total. The van der Waals surface area contributed by atoms with Crippen molar-refractivity contribution in [3.8, 4) is 12.0 Å². The molecule has 0 saturated heterocycles. The number of carbonyl (C=O) groups is 1. The molecule has 1 heterocycles. The van der Waals surface area contributed by atoms with Gasteiger partial charge in [0.05, 0.1) is 13.3 Å². The van der Waals surface area contributed by atoms with Crippen molar-refractivity contribution in [2.24, 2.45) is 0 Å². The second-order valence-electron chi connectivity index (χ2n) is 5.13. The van der Waals surface area contributed by atoms with E-state index in [2.05, 4.69) is 28.7 Å². The predicted octanol–water partition coefficient (Wildman–Crippen LogP) is 4.01. The molecule has 0 aliphatic carbocycles. The Balaban J connectivity index is 2.16. The number of ether oxygens (including phenoxy) is 1. The number of hydrogen-bond donors (Lipinski definition) is 0. The van der Waals surface area contributed by atoms with Gasteiger partial charge in [0, 0.05) is 12.5 Å². The van der Waals surface area contributed by atoms with Crippen molar-refractivity contribution in [3.05, 3.63) is 18.0 Å². The third-order valence-electron chi connectivity index (χ3n) is 3.38. The summed E-state index contributed by atoms with van der Waals surface area (Å²) in [5.41, 5.74) is 0.376. The normalized spacial score (nSPS) is 10.0. The van der Waals surface area contributed by atoms with Crippen molar-refractivity contribution in [1.82, 2.24) is 9.78 Å². The Morgan fingerprint density at radius 3 is 2.52 bits per heavy atom. The maximum Gasteiger partial charge on any atom is 0.357 e. The fourth-order valence-corrected chi connectivity index (χ4v) is 2.13. The first-order chi connectivity index (χ1) is 10.3. The minimum Gasteiger partial charge on any atom is -0.464 e. The van der Waals surface area contributed by atoms with Crippen LogP contribution in [0.15, 0.2) is 12.3 Å². The Morgan fingerprint density at radius 1 is 1.19 bits per heavy atom. The number of rotatable bonds is 9. The Kier molecular flexibility index (Phi) is 9.03. The third-order valence-corrected chi connectivity index (χ3v) is 3.38. The van der Waals surface area contributed by atoms with Gasteiger partial charge in [-0.05, 0) is 12.5 Å². The van der Waals surface area contributed by atoms with Gasteiger partial charge in [0.1, 0.15) is 0 Å². The van der Waals surface area contributed by atoms with Gasteiger partial charge in [0.15, 0.2) is 5.69 Å². The van der Waals surface area contributed by atoms with Gasteiger partial charge in [0.2, 0.25) is 0 Å². The van der Waals surface area contributed by atoms with Gasteiger partial charge in [0.25, 0.3) is 0 Å². The highest BCUT2D eigenvalue weighted by atomic mass is 16.5. The Bertz CT molecular complexity index is 469. The lowest BCUT2D eigenvalue weighted by Crippen LogP contribution is -2.08. The van der Waals surface area contributed by atoms with Crippen LogP contribution in [0.4, 0.5) is 0 Å². The molecule has 1 rings (SSSR count). The number of nitrogens with zero attached hydrogens (tertiary/aromatic N) is 2. The van der Waals surface area contributed by atoms with Gasteiger partial charge in [-0.15, -0.1) is 0 Å². The van der Waals surface area contributed by atoms with E-state index in [9.17, 15) is 4.79 Å². The van der Waals surface area contributed by atoms with Crippen LogP contribution in [-0.2, 0) is 4.74 Å². The second-order valence-corrected chi connectivity index (χ2v) is 5.13. The van der Waals surface area contributed by atoms with Gasteiger partial charge >= 0.3 is 5.97 Å². The number of methoxy groups -OCH3 is 1. The van der Waals surface area contributed by atoms with Gasteiger partial charge in [-0.25, -0.2) is 4.79 Å². The van der Waals surface area contributed by atoms with Crippen molar-refractivity contribution >= 4 is 5.97 Å². The quantitative estimate of drug-likeness (QED) is 0.392. The average molecular weight is 290 g/mol. The molecule has 0 aliphatic rings. The van der Waals surface area contributed by atoms with Crippen molar-refractivity contribution in [2.45, 2.75) is 64.7 Å². The van der Waals surface area contributed by atoms with Crippen LogP contribution < -0.4 is 0 Å². The van der Waals surface area contributed by atoms with Crippen LogP contribution in [-0.4, -0.2) is 22.9 Å². The molecular weight excluding hydrogens is 264 g/mol. The Labute approximate surface area is 127 Å². The van der Waals surface area contributed by atoms with Crippen LogP contribution in [0.5, 0.6) is 0 Å². The summed E-state index contributed by atoms with van der Waals surface area (Å²) in [7, 11) is 1.35. The molecule has 0 fully saturated rings. The first-order valence-corrected chi connectivity index (χ1v) is 7.90. The fourth-order valence-electron chi connectivity index (χ4n) is 2.13. The van der Waals surface area contributed by atoms with Gasteiger partial charge in [-0.3, -0.25) is 0 Å². The monoisotopic (exact) mass is 290 g/mol. The van der Waals surface area contributed by atoms with E-state index >= 15 is 0 Å². The largest absolute Gasteiger partial charge is 0.464 e. The maximum absolute atomic E-state index is 11.4. The summed E-state index contributed by atoms with van der Waals surface area (Å²) in [5.74, 6) is 2.65. The summed E-state index contributed by atoms with van der Waals surface area (Å²) in [6.45, 7) is 2.24. The lowest BCUT2D eigenvalue weighted by Gasteiger charge is -1.99. The van der Waals surface area contributed by atoms with Crippen LogP contribution in [0.3, 0.4) is 0 Å². The number of unbranched alkanes of at least 4 members (excludes halogenated alkanes) is 8. The zero-order valence-corrected chi connectivity index (χ0v) is 13.2. The molecule has 0 amide bonds. The first-order valence-electron chi connectivity index (χ1n) is 7.90. The molecule has 1 aromatic rings. The van der Waals surface area contributed by atoms with Gasteiger partial charge in [-0.2, -0.15) is 9.78 Å². The number of aromatic nitrogens is 2. The van der Waals surface area contributed by atoms with E-state index in [0.29, 0.717) is 5.69 Å². The van der Waals surface area contributed by atoms with Crippen LogP contribution in [0.2, 0.25) is 0 Å². The number of hydrogen-bond acceptors (Lipinski definition) is 3. The van der Waals surface area contributed by atoms with Gasteiger partial charge < -0.3 is 4.74 Å². The molecule has 116 valence electrons. The van der Waals surface area contributed by atoms with E-state index in [1.54, 1.807) is 12.3 Å². The molecular formula is C17H26N2O2. The van der Waals surface area contributed by atoms with Crippen LogP contribution in [0, 0.1) is 12.0 Å². The molecule has 1 aromatic heterocycles. The lowest BCUT2D eigenvalue weighted by atomic mass is 10.1. The van der Waals surface area contributed by atoms with Crippen LogP contribution >= 0.6 is 0 Å². The van der Waals surface area contributed by atoms with Crippen molar-refractivity contribution in [1.29, 1.82) is 0 Å². The van der Waals surface area contributed by atoms with E-state index in [1.165, 1.54) is 56.7 Å². The summed E-state index contributed by atoms with van der Waals surface area (Å²) in [6.07, 6.45) is 12.7. The standard InChI is InChI=1S/C17H26N2O2/c1-3-4-5-6-7-8-9-10-11-12-15-19-16(13-14-18-19)17(20)21-2/h13-14H,3-11H2,1-2H3. The summed E-state index contributed by atoms with van der Waals surface area (Å²) in [4.78, 5) is 11.4. The molecule has 0 aliphatic heterocycles. The van der Waals surface area contributed by atoms with E-state index in [0.717, 1.165) is 12.8 Å². The summed E-state index contributed by atoms with van der Waals surface area (Å²) >= 11 is 0. The zero-order chi connectivity index (χ0) is 15.3. The zero-order valence-electron chi connectivity index (χ0n) is 13.2. The number of esters is 1. The minimum atomic E-state index is -0.408. The predicted molar refractivity (Wildman–Crippen MR) is 84.0 cm³/mol. The third kappa shape index (κ3) is 6.99. The minimum absolute atomic E-state index is 0.376. The van der Waals surface area contributed by atoms with E-state index < -0.39 is 5.97 Å². The molecule has 4 nitrogen and oxygen atoms in total. The lowest BCUT2D eigenvalue weighted by molar-refractivity contribution is 0.0591. The van der Waals surface area contributed by atoms with E-state index in [1.807, 2.05) is 0 Å². The summed E-state index contributed by atoms with van der Waals surface area (Å²) in [6, 6.07) is 4.49. The van der Waals surface area contributed by atoms with Crippen LogP contribution in [0.25, 0.3) is 0 Å². The highest BCUT2D eigenvalue weighted by Gasteiger charge is 2.10. The maximum atomic E-state index is 11.4. The molecule has 0 bridgehead atoms. The van der Waals surface area contributed by atoms with Gasteiger partial charge in [-0.1, -0.05) is 57.8 Å². The van der Waals surface area contributed by atoms with E-state index in [-0.39, 0.29) is 0 Å². The van der Waals surface area contributed by atoms with Crippen molar-refractivity contribution in [3.63, 3.8) is 0 Å². The number of carbonyl (C=O) groups excluding carboxylic acids is 1. The molecule has 0 spiro atoms. The second kappa shape index (κ2) is 11.0. The highest BCUT2D eigenvalue weighted by Crippen LogP contribution is 2.09. The average Bonchev–Trinajstić information content (AvgIpc) is 2.97.